The summed E-state index contributed by atoms with van der Waals surface area (Å²) in [4.78, 5) is 4.57. The van der Waals surface area contributed by atoms with E-state index in [0.29, 0.717) is 23.7 Å². The van der Waals surface area contributed by atoms with E-state index in [1.807, 2.05) is 0 Å². The first-order valence-electron chi connectivity index (χ1n) is 9.29. The summed E-state index contributed by atoms with van der Waals surface area (Å²) < 4.78 is 0. The lowest BCUT2D eigenvalue weighted by molar-refractivity contribution is 0.765. The molecule has 0 radical (unpaired) electrons. The fourth-order valence-electron chi connectivity index (χ4n) is 2.39. The molecule has 0 spiro atoms. The van der Waals surface area contributed by atoms with Crippen LogP contribution in [0.15, 0.2) is 42.5 Å². The molecule has 1 heterocycles. The first kappa shape index (κ1) is 20.4. The van der Waals surface area contributed by atoms with Crippen LogP contribution in [0.5, 0.6) is 0 Å². The van der Waals surface area contributed by atoms with Gasteiger partial charge in [-0.1, -0.05) is 85.7 Å². The van der Waals surface area contributed by atoms with Gasteiger partial charge in [0.05, 0.1) is 0 Å². The van der Waals surface area contributed by atoms with E-state index in [9.17, 15) is 0 Å². The average molecular weight is 326 g/mol. The lowest BCUT2D eigenvalue weighted by atomic mass is 9.96. The van der Waals surface area contributed by atoms with E-state index in [4.69, 9.17) is 0 Å². The van der Waals surface area contributed by atoms with Crippen LogP contribution in [0.1, 0.15) is 102 Å². The van der Waals surface area contributed by atoms with Gasteiger partial charge in [-0.15, -0.1) is 0 Å². The Kier molecular flexibility index (Phi) is 8.18. The van der Waals surface area contributed by atoms with Gasteiger partial charge in [-0.05, 0) is 46.9 Å². The molecule has 24 heavy (non-hydrogen) atoms. The molecule has 0 fully saturated rings. The third-order valence-electron chi connectivity index (χ3n) is 4.22. The number of hydrogen-bond donors (Lipinski definition) is 0. The fraction of sp³-hybridized carbons (Fsp3) is 0.522. The molecule has 2 rings (SSSR count). The van der Waals surface area contributed by atoms with Crippen LogP contribution in [-0.4, -0.2) is 4.98 Å². The Morgan fingerprint density at radius 1 is 0.542 bits per heavy atom. The summed E-state index contributed by atoms with van der Waals surface area (Å²) in [5.41, 5.74) is 5.28. The third kappa shape index (κ3) is 6.47. The highest BCUT2D eigenvalue weighted by molar-refractivity contribution is 5.27. The van der Waals surface area contributed by atoms with Crippen molar-refractivity contribution >= 4 is 0 Å². The third-order valence-corrected chi connectivity index (χ3v) is 4.22. The van der Waals surface area contributed by atoms with Crippen LogP contribution in [0.4, 0.5) is 0 Å². The number of nitrogens with zero attached hydrogens (tertiary/aromatic N) is 1. The normalized spacial score (nSPS) is 11.2. The van der Waals surface area contributed by atoms with Gasteiger partial charge in [-0.25, -0.2) is 0 Å². The van der Waals surface area contributed by atoms with Gasteiger partial charge in [-0.3, -0.25) is 4.98 Å². The van der Waals surface area contributed by atoms with Crippen molar-refractivity contribution in [3.05, 3.63) is 65.0 Å². The number of pyridine rings is 1. The smallest absolute Gasteiger partial charge is 0.0432 e. The molecule has 0 aliphatic rings. The van der Waals surface area contributed by atoms with E-state index < -0.39 is 0 Å². The Morgan fingerprint density at radius 2 is 0.917 bits per heavy atom. The molecule has 1 nitrogen and oxygen atoms in total. The van der Waals surface area contributed by atoms with Gasteiger partial charge in [0.2, 0.25) is 0 Å². The van der Waals surface area contributed by atoms with E-state index in [2.05, 4.69) is 103 Å². The summed E-state index contributed by atoms with van der Waals surface area (Å²) in [6, 6.07) is 15.2. The van der Waals surface area contributed by atoms with Gasteiger partial charge in [0.15, 0.2) is 0 Å². The van der Waals surface area contributed by atoms with Gasteiger partial charge in [0.25, 0.3) is 0 Å². The Morgan fingerprint density at radius 3 is 1.25 bits per heavy atom. The lowest BCUT2D eigenvalue weighted by Gasteiger charge is -2.09. The standard InChI is InChI=1S/C12H18.C11H17N/c1-9(2)11-6-5-7-12(8-11)10(3)4;1-8(2)10-6-5-7-11(12-10)9(3)4/h5-10H,1-4H3;5-9H,1-4H3. The second-order valence-electron chi connectivity index (χ2n) is 7.78. The topological polar surface area (TPSA) is 12.9 Å². The maximum atomic E-state index is 4.57. The highest BCUT2D eigenvalue weighted by Crippen LogP contribution is 2.20. The van der Waals surface area contributed by atoms with E-state index in [0.717, 1.165) is 0 Å². The van der Waals surface area contributed by atoms with Crippen molar-refractivity contribution in [2.45, 2.75) is 79.1 Å². The molecular formula is C23H35N. The quantitative estimate of drug-likeness (QED) is 0.576. The van der Waals surface area contributed by atoms with Crippen molar-refractivity contribution in [3.63, 3.8) is 0 Å². The largest absolute Gasteiger partial charge is 0.257 e. The predicted molar refractivity (Wildman–Crippen MR) is 107 cm³/mol. The van der Waals surface area contributed by atoms with Crippen molar-refractivity contribution in [1.29, 1.82) is 0 Å². The highest BCUT2D eigenvalue weighted by Gasteiger charge is 2.04. The molecule has 0 N–H and O–H groups in total. The molecule has 1 aromatic carbocycles. The minimum atomic E-state index is 0.531. The molecule has 0 unspecified atom stereocenters. The molecule has 0 bridgehead atoms. The first-order chi connectivity index (χ1) is 11.2. The van der Waals surface area contributed by atoms with Crippen molar-refractivity contribution in [3.8, 4) is 0 Å². The zero-order chi connectivity index (χ0) is 18.3. The monoisotopic (exact) mass is 325 g/mol. The van der Waals surface area contributed by atoms with Crippen LogP contribution in [0.25, 0.3) is 0 Å². The highest BCUT2D eigenvalue weighted by atomic mass is 14.7. The SMILES string of the molecule is CC(C)c1cccc(C(C)C)c1.CC(C)c1cccc(C(C)C)n1. The van der Waals surface area contributed by atoms with E-state index >= 15 is 0 Å². The molecule has 0 atom stereocenters. The molecule has 0 saturated heterocycles. The van der Waals surface area contributed by atoms with Gasteiger partial charge in [0.1, 0.15) is 0 Å². The van der Waals surface area contributed by atoms with Gasteiger partial charge < -0.3 is 0 Å². The molecule has 1 aromatic heterocycles. The minimum Gasteiger partial charge on any atom is -0.257 e. The molecule has 0 saturated carbocycles. The molecular weight excluding hydrogens is 290 g/mol. The maximum Gasteiger partial charge on any atom is 0.0432 e. The van der Waals surface area contributed by atoms with Crippen molar-refractivity contribution in [1.82, 2.24) is 4.98 Å². The minimum absolute atomic E-state index is 0.531. The Labute approximate surface area is 149 Å². The van der Waals surface area contributed by atoms with Crippen LogP contribution in [-0.2, 0) is 0 Å². The Balaban J connectivity index is 0.000000240. The van der Waals surface area contributed by atoms with Gasteiger partial charge >= 0.3 is 0 Å². The molecule has 1 heteroatoms. The van der Waals surface area contributed by atoms with E-state index in [1.54, 1.807) is 0 Å². The van der Waals surface area contributed by atoms with Crippen molar-refractivity contribution in [2.24, 2.45) is 0 Å². The summed E-state index contributed by atoms with van der Waals surface area (Å²) >= 11 is 0. The zero-order valence-electron chi connectivity index (χ0n) is 16.8. The van der Waals surface area contributed by atoms with Crippen LogP contribution >= 0.6 is 0 Å². The summed E-state index contributed by atoms with van der Waals surface area (Å²) in [7, 11) is 0. The maximum absolute atomic E-state index is 4.57. The number of benzene rings is 1. The lowest BCUT2D eigenvalue weighted by Crippen LogP contribution is -1.98. The number of hydrogen-bond acceptors (Lipinski definition) is 1. The van der Waals surface area contributed by atoms with E-state index in [-0.39, 0.29) is 0 Å². The second-order valence-corrected chi connectivity index (χ2v) is 7.78. The summed E-state index contributed by atoms with van der Waals surface area (Å²) in [5.74, 6) is 2.35. The summed E-state index contributed by atoms with van der Waals surface area (Å²) in [6.45, 7) is 17.6. The average Bonchev–Trinajstić information content (AvgIpc) is 2.55. The van der Waals surface area contributed by atoms with Gasteiger partial charge in [0, 0.05) is 11.4 Å². The molecule has 0 aliphatic heterocycles. The van der Waals surface area contributed by atoms with Crippen LogP contribution in [0.2, 0.25) is 0 Å². The summed E-state index contributed by atoms with van der Waals surface area (Å²) in [5, 5.41) is 0. The first-order valence-corrected chi connectivity index (χ1v) is 9.29. The zero-order valence-corrected chi connectivity index (χ0v) is 16.8. The van der Waals surface area contributed by atoms with Crippen LogP contribution in [0, 0.1) is 0 Å². The van der Waals surface area contributed by atoms with Crippen molar-refractivity contribution in [2.75, 3.05) is 0 Å². The fourth-order valence-corrected chi connectivity index (χ4v) is 2.39. The molecule has 0 aliphatic carbocycles. The Bertz CT molecular complexity index is 507. The predicted octanol–water partition coefficient (Wildman–Crippen LogP) is 7.26. The number of aromatic nitrogens is 1. The Hall–Kier alpha value is -1.63. The second kappa shape index (κ2) is 9.61. The van der Waals surface area contributed by atoms with Crippen LogP contribution in [0.3, 0.4) is 0 Å². The van der Waals surface area contributed by atoms with E-state index in [1.165, 1.54) is 22.5 Å². The summed E-state index contributed by atoms with van der Waals surface area (Å²) in [6.07, 6.45) is 0. The van der Waals surface area contributed by atoms with Crippen molar-refractivity contribution < 1.29 is 0 Å². The molecule has 0 amide bonds. The van der Waals surface area contributed by atoms with Gasteiger partial charge in [-0.2, -0.15) is 0 Å². The molecule has 132 valence electrons. The number of rotatable bonds is 4. The van der Waals surface area contributed by atoms with Crippen LogP contribution < -0.4 is 0 Å². The molecule has 2 aromatic rings.